The van der Waals surface area contributed by atoms with Crippen LogP contribution in [0.3, 0.4) is 0 Å². The summed E-state index contributed by atoms with van der Waals surface area (Å²) < 4.78 is 73.0. The lowest BCUT2D eigenvalue weighted by atomic mass is 9.97. The largest absolute Gasteiger partial charge is 0.496 e. The van der Waals surface area contributed by atoms with Crippen molar-refractivity contribution in [2.75, 3.05) is 31.8 Å². The number of methoxy groups -OCH3 is 1. The lowest BCUT2D eigenvalue weighted by Crippen LogP contribution is -2.25. The van der Waals surface area contributed by atoms with Crippen molar-refractivity contribution in [1.29, 1.82) is 0 Å². The summed E-state index contributed by atoms with van der Waals surface area (Å²) in [4.78, 5) is 17.5. The summed E-state index contributed by atoms with van der Waals surface area (Å²) in [5.41, 5.74) is 3.01. The molecule has 4 aromatic carbocycles. The molecule has 2 aromatic heterocycles. The highest BCUT2D eigenvalue weighted by Crippen LogP contribution is 2.43. The van der Waals surface area contributed by atoms with Gasteiger partial charge in [-0.1, -0.05) is 35.9 Å². The quantitative estimate of drug-likeness (QED) is 0.203. The fourth-order valence-corrected chi connectivity index (χ4v) is 5.67. The zero-order chi connectivity index (χ0) is 32.2. The molecule has 0 saturated heterocycles. The van der Waals surface area contributed by atoms with Crippen LogP contribution in [-0.2, 0) is 10.0 Å². The number of carbonyl (C=O) groups excluding carboxylic acids is 1. The van der Waals surface area contributed by atoms with Crippen LogP contribution in [-0.4, -0.2) is 46.8 Å². The van der Waals surface area contributed by atoms with Crippen molar-refractivity contribution in [3.8, 4) is 39.7 Å². The number of carbonyl (C=O) groups is 1. The standard InChI is InChI=1S/C33H27F2N3O6S/c1-17-6-8-18(9-7-17)30-28(32(39)36-2)21-15-20(25(16-27(21)43-30)38(3)45(5,40)41)19-10-13-26(42-4)22(14-19)33-37-29-23(34)11-12-24(35)31(29)44-33/h6-16H,1-5H3,(H,36,39). The lowest BCUT2D eigenvalue weighted by Gasteiger charge is -2.21. The Labute approximate surface area is 257 Å². The second kappa shape index (κ2) is 11.0. The predicted molar refractivity (Wildman–Crippen MR) is 168 cm³/mol. The number of ether oxygens (including phenoxy) is 1. The molecular weight excluding hydrogens is 604 g/mol. The molecule has 6 rings (SSSR count). The molecule has 0 saturated carbocycles. The third-order valence-electron chi connectivity index (χ3n) is 7.60. The van der Waals surface area contributed by atoms with Crippen LogP contribution >= 0.6 is 0 Å². The molecule has 45 heavy (non-hydrogen) atoms. The first kappa shape index (κ1) is 29.8. The molecule has 0 aliphatic carbocycles. The van der Waals surface area contributed by atoms with E-state index < -0.39 is 27.6 Å². The Kier molecular flexibility index (Phi) is 7.32. The van der Waals surface area contributed by atoms with Crippen LogP contribution in [0.5, 0.6) is 5.75 Å². The van der Waals surface area contributed by atoms with E-state index in [1.54, 1.807) is 30.3 Å². The van der Waals surface area contributed by atoms with Gasteiger partial charge in [-0.3, -0.25) is 9.10 Å². The molecule has 0 atom stereocenters. The third-order valence-corrected chi connectivity index (χ3v) is 8.79. The minimum absolute atomic E-state index is 0.109. The maximum Gasteiger partial charge on any atom is 0.255 e. The Hall–Kier alpha value is -5.23. The molecule has 230 valence electrons. The number of nitrogens with one attached hydrogen (secondary N) is 1. The van der Waals surface area contributed by atoms with Gasteiger partial charge in [-0.25, -0.2) is 22.2 Å². The van der Waals surface area contributed by atoms with Crippen LogP contribution in [0.25, 0.3) is 56.0 Å². The molecule has 1 N–H and O–H groups in total. The maximum absolute atomic E-state index is 14.5. The molecule has 0 aliphatic rings. The van der Waals surface area contributed by atoms with Crippen molar-refractivity contribution in [3.63, 3.8) is 0 Å². The van der Waals surface area contributed by atoms with Crippen molar-refractivity contribution in [3.05, 3.63) is 89.5 Å². The summed E-state index contributed by atoms with van der Waals surface area (Å²) in [7, 11) is 0.568. The number of oxazole rings is 1. The van der Waals surface area contributed by atoms with Gasteiger partial charge in [-0.2, -0.15) is 0 Å². The molecule has 1 amide bonds. The van der Waals surface area contributed by atoms with Crippen LogP contribution in [0.1, 0.15) is 15.9 Å². The molecule has 0 radical (unpaired) electrons. The molecule has 0 unspecified atom stereocenters. The van der Waals surface area contributed by atoms with E-state index in [2.05, 4.69) is 10.3 Å². The molecular formula is C33H27F2N3O6S. The Morgan fingerprint density at radius 1 is 0.933 bits per heavy atom. The van der Waals surface area contributed by atoms with Crippen LogP contribution in [0, 0.1) is 18.6 Å². The summed E-state index contributed by atoms with van der Waals surface area (Å²) in [5, 5.41) is 3.10. The van der Waals surface area contributed by atoms with Gasteiger partial charge >= 0.3 is 0 Å². The van der Waals surface area contributed by atoms with Crippen LogP contribution in [0.2, 0.25) is 0 Å². The summed E-state index contributed by atoms with van der Waals surface area (Å²) in [6.45, 7) is 1.94. The van der Waals surface area contributed by atoms with Gasteiger partial charge in [0, 0.05) is 36.7 Å². The number of fused-ring (bicyclic) bond motifs is 2. The number of anilines is 1. The molecule has 0 bridgehead atoms. The number of hydrogen-bond acceptors (Lipinski definition) is 7. The highest BCUT2D eigenvalue weighted by Gasteiger charge is 2.27. The SMILES string of the molecule is CNC(=O)c1c(-c2ccc(C)cc2)oc2cc(N(C)S(C)(=O)=O)c(-c3ccc(OC)c(-c4nc5c(F)ccc(F)c5o4)c3)cc12. The number of amides is 1. The zero-order valence-corrected chi connectivity index (χ0v) is 25.7. The van der Waals surface area contributed by atoms with Crippen molar-refractivity contribution < 1.29 is 35.6 Å². The fraction of sp³-hybridized carbons (Fsp3) is 0.152. The van der Waals surface area contributed by atoms with Crippen LogP contribution < -0.4 is 14.4 Å². The Bertz CT molecular complexity index is 2200. The monoisotopic (exact) mass is 631 g/mol. The highest BCUT2D eigenvalue weighted by atomic mass is 32.2. The van der Waals surface area contributed by atoms with E-state index in [1.807, 2.05) is 31.2 Å². The van der Waals surface area contributed by atoms with E-state index in [0.717, 1.165) is 28.3 Å². The van der Waals surface area contributed by atoms with Gasteiger partial charge in [0.25, 0.3) is 5.91 Å². The van der Waals surface area contributed by atoms with Gasteiger partial charge in [0.05, 0.1) is 30.2 Å². The summed E-state index contributed by atoms with van der Waals surface area (Å²) >= 11 is 0. The first-order chi connectivity index (χ1) is 21.4. The van der Waals surface area contributed by atoms with Gasteiger partial charge in [-0.05, 0) is 42.8 Å². The van der Waals surface area contributed by atoms with Gasteiger partial charge < -0.3 is 18.9 Å². The van der Waals surface area contributed by atoms with Crippen LogP contribution in [0.15, 0.2) is 75.6 Å². The van der Waals surface area contributed by atoms with Gasteiger partial charge in [0.15, 0.2) is 17.2 Å². The fourth-order valence-electron chi connectivity index (χ4n) is 5.16. The summed E-state index contributed by atoms with van der Waals surface area (Å²) in [6, 6.07) is 17.5. The number of furan rings is 1. The third kappa shape index (κ3) is 5.16. The van der Waals surface area contributed by atoms with Gasteiger partial charge in [0.2, 0.25) is 15.9 Å². The normalized spacial score (nSPS) is 11.7. The molecule has 9 nitrogen and oxygen atoms in total. The van der Waals surface area contributed by atoms with E-state index in [0.29, 0.717) is 33.6 Å². The second-order valence-corrected chi connectivity index (χ2v) is 12.5. The Morgan fingerprint density at radius 2 is 1.62 bits per heavy atom. The van der Waals surface area contributed by atoms with E-state index in [9.17, 15) is 22.0 Å². The number of hydrogen-bond donors (Lipinski definition) is 1. The number of aryl methyl sites for hydroxylation is 1. The molecule has 2 heterocycles. The average molecular weight is 632 g/mol. The Balaban J connectivity index is 1.64. The summed E-state index contributed by atoms with van der Waals surface area (Å²) in [6.07, 6.45) is 1.07. The van der Waals surface area contributed by atoms with E-state index in [1.165, 1.54) is 21.2 Å². The average Bonchev–Trinajstić information content (AvgIpc) is 3.64. The molecule has 6 aromatic rings. The Morgan fingerprint density at radius 3 is 2.27 bits per heavy atom. The van der Waals surface area contributed by atoms with Crippen molar-refractivity contribution >= 4 is 43.7 Å². The zero-order valence-electron chi connectivity index (χ0n) is 24.9. The lowest BCUT2D eigenvalue weighted by molar-refractivity contribution is 0.0964. The first-order valence-electron chi connectivity index (χ1n) is 13.7. The number of halogens is 2. The predicted octanol–water partition coefficient (Wildman–Crippen LogP) is 6.93. The highest BCUT2D eigenvalue weighted by molar-refractivity contribution is 7.92. The molecule has 0 aliphatic heterocycles. The second-order valence-electron chi connectivity index (χ2n) is 10.5. The number of rotatable bonds is 7. The molecule has 12 heteroatoms. The number of sulfonamides is 1. The summed E-state index contributed by atoms with van der Waals surface area (Å²) in [5.74, 6) is -1.44. The van der Waals surface area contributed by atoms with Crippen LogP contribution in [0.4, 0.5) is 14.5 Å². The van der Waals surface area contributed by atoms with E-state index >= 15 is 0 Å². The van der Waals surface area contributed by atoms with E-state index in [4.69, 9.17) is 13.6 Å². The minimum atomic E-state index is -3.76. The van der Waals surface area contributed by atoms with Gasteiger partial charge in [-0.15, -0.1) is 0 Å². The van der Waals surface area contributed by atoms with Gasteiger partial charge in [0.1, 0.15) is 22.6 Å². The number of benzene rings is 4. The topological polar surface area (TPSA) is 115 Å². The smallest absolute Gasteiger partial charge is 0.255 e. The molecule has 0 fully saturated rings. The maximum atomic E-state index is 14.5. The van der Waals surface area contributed by atoms with Crippen molar-refractivity contribution in [2.45, 2.75) is 6.92 Å². The van der Waals surface area contributed by atoms with Crippen molar-refractivity contribution in [2.24, 2.45) is 0 Å². The van der Waals surface area contributed by atoms with Crippen molar-refractivity contribution in [1.82, 2.24) is 10.3 Å². The molecule has 0 spiro atoms. The first-order valence-corrected chi connectivity index (χ1v) is 15.5. The van der Waals surface area contributed by atoms with E-state index in [-0.39, 0.29) is 39.4 Å². The number of nitrogens with zero attached hydrogens (tertiary/aromatic N) is 2. The number of aromatic nitrogens is 1. The minimum Gasteiger partial charge on any atom is -0.496 e.